The fourth-order valence-corrected chi connectivity index (χ4v) is 2.56. The quantitative estimate of drug-likeness (QED) is 0.818. The van der Waals surface area contributed by atoms with Gasteiger partial charge in [0.15, 0.2) is 0 Å². The maximum atomic E-state index is 11.2. The Morgan fingerprint density at radius 1 is 1.43 bits per heavy atom. The minimum Gasteiger partial charge on any atom is -0.299 e. The van der Waals surface area contributed by atoms with Crippen molar-refractivity contribution < 1.29 is 8.42 Å². The van der Waals surface area contributed by atoms with Crippen molar-refractivity contribution in [1.82, 2.24) is 19.7 Å². The molecule has 3 rings (SSSR count). The van der Waals surface area contributed by atoms with Crippen LogP contribution in [-0.4, -0.2) is 40.2 Å². The lowest BCUT2D eigenvalue weighted by Gasteiger charge is -2.11. The SMILES string of the molecule is CS(=O)(=O)CCn1cc(-c2ncnc3c2CC#CN3)cn1. The van der Waals surface area contributed by atoms with Gasteiger partial charge in [-0.25, -0.2) is 18.4 Å². The Kier molecular flexibility index (Phi) is 3.35. The Bertz CT molecular complexity index is 845. The van der Waals surface area contributed by atoms with Crippen LogP contribution in [0, 0.1) is 12.0 Å². The van der Waals surface area contributed by atoms with Crippen LogP contribution in [-0.2, 0) is 22.8 Å². The number of aromatic nitrogens is 4. The molecular weight excluding hydrogens is 290 g/mol. The number of nitrogens with zero attached hydrogens (tertiary/aromatic N) is 4. The van der Waals surface area contributed by atoms with Gasteiger partial charge in [0.2, 0.25) is 0 Å². The van der Waals surface area contributed by atoms with Crippen LogP contribution in [0.25, 0.3) is 11.3 Å². The number of aryl methyl sites for hydroxylation is 1. The summed E-state index contributed by atoms with van der Waals surface area (Å²) in [5, 5.41) is 7.09. The fourth-order valence-electron chi connectivity index (χ4n) is 2.04. The molecule has 1 N–H and O–H groups in total. The maximum Gasteiger partial charge on any atom is 0.149 e. The molecule has 0 aliphatic carbocycles. The first kappa shape index (κ1) is 13.6. The van der Waals surface area contributed by atoms with Crippen LogP contribution in [0.4, 0.5) is 5.82 Å². The molecule has 108 valence electrons. The highest BCUT2D eigenvalue weighted by Gasteiger charge is 2.15. The Hall–Kier alpha value is -2.40. The van der Waals surface area contributed by atoms with Gasteiger partial charge in [-0.05, 0) is 0 Å². The molecular formula is C13H13N5O2S. The number of rotatable bonds is 4. The van der Waals surface area contributed by atoms with Crippen LogP contribution in [0.5, 0.6) is 0 Å². The zero-order valence-electron chi connectivity index (χ0n) is 11.4. The van der Waals surface area contributed by atoms with Gasteiger partial charge in [0.05, 0.1) is 24.2 Å². The number of hydrogen-bond acceptors (Lipinski definition) is 6. The van der Waals surface area contributed by atoms with Gasteiger partial charge in [-0.3, -0.25) is 10.00 Å². The third kappa shape index (κ3) is 3.03. The van der Waals surface area contributed by atoms with Gasteiger partial charge in [0, 0.05) is 36.0 Å². The van der Waals surface area contributed by atoms with E-state index in [0.29, 0.717) is 18.8 Å². The molecule has 3 heterocycles. The van der Waals surface area contributed by atoms with Gasteiger partial charge >= 0.3 is 0 Å². The summed E-state index contributed by atoms with van der Waals surface area (Å²) in [7, 11) is -3.01. The van der Waals surface area contributed by atoms with E-state index in [1.165, 1.54) is 12.6 Å². The van der Waals surface area contributed by atoms with E-state index in [-0.39, 0.29) is 5.75 Å². The van der Waals surface area contributed by atoms with Crippen LogP contribution in [0.15, 0.2) is 18.7 Å². The zero-order chi connectivity index (χ0) is 14.9. The third-order valence-corrected chi connectivity index (χ3v) is 4.00. The number of nitrogens with one attached hydrogen (secondary N) is 1. The number of fused-ring (bicyclic) bond motifs is 1. The van der Waals surface area contributed by atoms with Crippen molar-refractivity contribution in [3.8, 4) is 23.2 Å². The highest BCUT2D eigenvalue weighted by Crippen LogP contribution is 2.26. The predicted octanol–water partition coefficient (Wildman–Crippen LogP) is 0.314. The Labute approximate surface area is 122 Å². The largest absolute Gasteiger partial charge is 0.299 e. The number of hydrogen-bond donors (Lipinski definition) is 1. The smallest absolute Gasteiger partial charge is 0.149 e. The molecule has 2 aromatic rings. The van der Waals surface area contributed by atoms with E-state index in [2.05, 4.69) is 32.3 Å². The molecule has 0 saturated heterocycles. The molecule has 0 amide bonds. The lowest BCUT2D eigenvalue weighted by atomic mass is 10.1. The van der Waals surface area contributed by atoms with Crippen molar-refractivity contribution in [1.29, 1.82) is 0 Å². The van der Waals surface area contributed by atoms with Crippen LogP contribution in [0.2, 0.25) is 0 Å². The molecule has 0 saturated carbocycles. The highest BCUT2D eigenvalue weighted by molar-refractivity contribution is 7.90. The Morgan fingerprint density at radius 2 is 2.29 bits per heavy atom. The van der Waals surface area contributed by atoms with Crippen molar-refractivity contribution in [3.63, 3.8) is 0 Å². The zero-order valence-corrected chi connectivity index (χ0v) is 12.2. The monoisotopic (exact) mass is 303 g/mol. The van der Waals surface area contributed by atoms with Crippen molar-refractivity contribution >= 4 is 15.7 Å². The first-order valence-electron chi connectivity index (χ1n) is 6.31. The molecule has 0 atom stereocenters. The summed E-state index contributed by atoms with van der Waals surface area (Å²) in [6, 6.07) is 2.78. The summed E-state index contributed by atoms with van der Waals surface area (Å²) in [6.07, 6.45) is 6.72. The molecule has 21 heavy (non-hydrogen) atoms. The highest BCUT2D eigenvalue weighted by atomic mass is 32.2. The van der Waals surface area contributed by atoms with E-state index in [1.807, 2.05) is 0 Å². The number of anilines is 1. The van der Waals surface area contributed by atoms with Crippen LogP contribution < -0.4 is 5.32 Å². The molecule has 0 unspecified atom stereocenters. The molecule has 1 aliphatic rings. The summed E-state index contributed by atoms with van der Waals surface area (Å²) < 4.78 is 24.0. The van der Waals surface area contributed by atoms with Crippen LogP contribution >= 0.6 is 0 Å². The molecule has 7 nitrogen and oxygen atoms in total. The minimum absolute atomic E-state index is 0.0586. The normalized spacial score (nSPS) is 13.0. The van der Waals surface area contributed by atoms with Crippen molar-refractivity contribution in [3.05, 3.63) is 24.3 Å². The lowest BCUT2D eigenvalue weighted by Crippen LogP contribution is -2.11. The lowest BCUT2D eigenvalue weighted by molar-refractivity contribution is 0.586. The summed E-state index contributed by atoms with van der Waals surface area (Å²) in [5.74, 6) is 3.72. The minimum atomic E-state index is -3.01. The van der Waals surface area contributed by atoms with Gasteiger partial charge < -0.3 is 0 Å². The van der Waals surface area contributed by atoms with E-state index in [9.17, 15) is 8.42 Å². The fraction of sp³-hybridized carbons (Fsp3) is 0.308. The van der Waals surface area contributed by atoms with E-state index in [1.54, 1.807) is 17.1 Å². The summed E-state index contributed by atoms with van der Waals surface area (Å²) in [4.78, 5) is 8.44. The molecule has 0 aromatic carbocycles. The molecule has 2 aromatic heterocycles. The Balaban J connectivity index is 1.88. The molecule has 0 radical (unpaired) electrons. The van der Waals surface area contributed by atoms with Gasteiger partial charge in [0.25, 0.3) is 0 Å². The average molecular weight is 303 g/mol. The van der Waals surface area contributed by atoms with E-state index in [4.69, 9.17) is 0 Å². The second-order valence-corrected chi connectivity index (χ2v) is 7.03. The maximum absolute atomic E-state index is 11.2. The predicted molar refractivity (Wildman–Crippen MR) is 78.1 cm³/mol. The topological polar surface area (TPSA) is 89.8 Å². The summed E-state index contributed by atoms with van der Waals surface area (Å²) in [6.45, 7) is 0.324. The molecule has 0 spiro atoms. The van der Waals surface area contributed by atoms with Gasteiger partial charge in [-0.1, -0.05) is 5.92 Å². The van der Waals surface area contributed by atoms with Gasteiger partial charge in [-0.2, -0.15) is 5.10 Å². The second kappa shape index (κ2) is 5.18. The summed E-state index contributed by atoms with van der Waals surface area (Å²) in [5.41, 5.74) is 2.53. The Morgan fingerprint density at radius 3 is 3.10 bits per heavy atom. The van der Waals surface area contributed by atoms with E-state index >= 15 is 0 Å². The summed E-state index contributed by atoms with van der Waals surface area (Å²) >= 11 is 0. The molecule has 0 bridgehead atoms. The third-order valence-electron chi connectivity index (χ3n) is 3.08. The van der Waals surface area contributed by atoms with Crippen LogP contribution in [0.1, 0.15) is 5.56 Å². The molecule has 1 aliphatic heterocycles. The van der Waals surface area contributed by atoms with Crippen molar-refractivity contribution in [2.24, 2.45) is 0 Å². The first-order valence-corrected chi connectivity index (χ1v) is 8.37. The second-order valence-electron chi connectivity index (χ2n) is 4.77. The first-order chi connectivity index (χ1) is 10.0. The van der Waals surface area contributed by atoms with E-state index in [0.717, 1.165) is 16.8 Å². The standard InChI is InChI=1S/C13H13N5O2S/c1-21(19,20)6-5-18-8-10(7-17-18)12-11-3-2-4-14-13(11)16-9-15-12/h7-9H,3,5-6H2,1H3,(H,14,15,16). The van der Waals surface area contributed by atoms with Crippen molar-refractivity contribution in [2.75, 3.05) is 17.3 Å². The average Bonchev–Trinajstić information content (AvgIpc) is 2.92. The van der Waals surface area contributed by atoms with Crippen molar-refractivity contribution in [2.45, 2.75) is 13.0 Å². The van der Waals surface area contributed by atoms with Crippen LogP contribution in [0.3, 0.4) is 0 Å². The molecule has 0 fully saturated rings. The van der Waals surface area contributed by atoms with Gasteiger partial charge in [0.1, 0.15) is 22.0 Å². The van der Waals surface area contributed by atoms with E-state index < -0.39 is 9.84 Å². The molecule has 8 heteroatoms. The van der Waals surface area contributed by atoms with Gasteiger partial charge in [-0.15, -0.1) is 0 Å². The number of sulfone groups is 1.